The molecule has 0 saturated carbocycles. The average Bonchev–Trinajstić information content (AvgIpc) is 3.25. The Balaban J connectivity index is 1.90. The predicted octanol–water partition coefficient (Wildman–Crippen LogP) is 3.62. The van der Waals surface area contributed by atoms with E-state index in [9.17, 15) is 0 Å². The van der Waals surface area contributed by atoms with Crippen LogP contribution in [0.3, 0.4) is 0 Å². The predicted molar refractivity (Wildman–Crippen MR) is 105 cm³/mol. The Morgan fingerprint density at radius 1 is 1.00 bits per heavy atom. The Morgan fingerprint density at radius 2 is 1.65 bits per heavy atom. The zero-order valence-electron chi connectivity index (χ0n) is 15.6. The van der Waals surface area contributed by atoms with E-state index >= 15 is 0 Å². The number of rotatable bonds is 4. The van der Waals surface area contributed by atoms with Crippen molar-refractivity contribution in [2.45, 2.75) is 33.6 Å². The third-order valence-electron chi connectivity index (χ3n) is 5.19. The Kier molecular flexibility index (Phi) is 4.18. The van der Waals surface area contributed by atoms with Crippen molar-refractivity contribution >= 4 is 22.4 Å². The standard InChI is InChI=1S/C20H25N5O/c1-4-26-16-9-7-15(8-10-16)25-13(2)17-18(14(25)3)20(23-22-19(17)21)24-11-5-6-12-24/h7-10H,4-6,11-12H2,1-3H3,(H2,21,22). The molecule has 2 aromatic heterocycles. The lowest BCUT2D eigenvalue weighted by Gasteiger charge is -2.17. The van der Waals surface area contributed by atoms with Crippen LogP contribution in [-0.2, 0) is 0 Å². The zero-order valence-corrected chi connectivity index (χ0v) is 15.6. The smallest absolute Gasteiger partial charge is 0.161 e. The molecule has 0 amide bonds. The summed E-state index contributed by atoms with van der Waals surface area (Å²) in [6, 6.07) is 8.17. The lowest BCUT2D eigenvalue weighted by Crippen LogP contribution is -2.20. The highest BCUT2D eigenvalue weighted by Crippen LogP contribution is 2.37. The van der Waals surface area contributed by atoms with Crippen molar-refractivity contribution in [1.29, 1.82) is 0 Å². The normalized spacial score (nSPS) is 14.3. The van der Waals surface area contributed by atoms with Crippen molar-refractivity contribution in [3.8, 4) is 11.4 Å². The van der Waals surface area contributed by atoms with E-state index in [2.05, 4.69) is 45.6 Å². The molecule has 136 valence electrons. The van der Waals surface area contributed by atoms with Crippen LogP contribution in [-0.4, -0.2) is 34.5 Å². The van der Waals surface area contributed by atoms with E-state index in [-0.39, 0.29) is 0 Å². The van der Waals surface area contributed by atoms with Gasteiger partial charge in [-0.1, -0.05) is 0 Å². The molecule has 0 spiro atoms. The fourth-order valence-electron chi connectivity index (χ4n) is 4.02. The van der Waals surface area contributed by atoms with Gasteiger partial charge in [0, 0.05) is 30.2 Å². The molecule has 4 rings (SSSR count). The molecule has 3 aromatic rings. The van der Waals surface area contributed by atoms with Gasteiger partial charge in [-0.3, -0.25) is 0 Å². The molecule has 2 N–H and O–H groups in total. The van der Waals surface area contributed by atoms with Crippen LogP contribution < -0.4 is 15.4 Å². The minimum absolute atomic E-state index is 0.494. The van der Waals surface area contributed by atoms with Gasteiger partial charge in [0.1, 0.15) is 5.75 Å². The van der Waals surface area contributed by atoms with Gasteiger partial charge in [0.05, 0.1) is 17.4 Å². The third-order valence-corrected chi connectivity index (χ3v) is 5.19. The van der Waals surface area contributed by atoms with E-state index in [0.717, 1.165) is 52.5 Å². The lowest BCUT2D eigenvalue weighted by atomic mass is 10.2. The molecule has 6 heteroatoms. The first-order valence-corrected chi connectivity index (χ1v) is 9.23. The SMILES string of the molecule is CCOc1ccc(-n2c(C)c3c(N)nnc(N4CCCC4)c3c2C)cc1. The molecule has 1 saturated heterocycles. The molecule has 1 fully saturated rings. The van der Waals surface area contributed by atoms with Crippen LogP contribution in [0.25, 0.3) is 16.5 Å². The van der Waals surface area contributed by atoms with E-state index in [4.69, 9.17) is 10.5 Å². The van der Waals surface area contributed by atoms with E-state index in [1.807, 2.05) is 19.1 Å². The second-order valence-corrected chi connectivity index (χ2v) is 6.79. The molecule has 1 aliphatic rings. The summed E-state index contributed by atoms with van der Waals surface area (Å²) in [5.74, 6) is 2.33. The van der Waals surface area contributed by atoms with Crippen molar-refractivity contribution in [2.75, 3.05) is 30.3 Å². The quantitative estimate of drug-likeness (QED) is 0.777. The second kappa shape index (κ2) is 6.52. The monoisotopic (exact) mass is 351 g/mol. The highest BCUT2D eigenvalue weighted by atomic mass is 16.5. The first-order chi connectivity index (χ1) is 12.6. The van der Waals surface area contributed by atoms with E-state index in [1.165, 1.54) is 12.8 Å². The number of benzene rings is 1. The van der Waals surface area contributed by atoms with Gasteiger partial charge in [-0.15, -0.1) is 10.2 Å². The highest BCUT2D eigenvalue weighted by Gasteiger charge is 2.24. The first kappa shape index (κ1) is 16.7. The maximum atomic E-state index is 6.22. The van der Waals surface area contributed by atoms with Gasteiger partial charge in [0.25, 0.3) is 0 Å². The van der Waals surface area contributed by atoms with Gasteiger partial charge in [0.2, 0.25) is 0 Å². The summed E-state index contributed by atoms with van der Waals surface area (Å²) in [4.78, 5) is 2.32. The lowest BCUT2D eigenvalue weighted by molar-refractivity contribution is 0.340. The van der Waals surface area contributed by atoms with E-state index in [1.54, 1.807) is 0 Å². The Bertz CT molecular complexity index is 939. The number of anilines is 2. The van der Waals surface area contributed by atoms with Crippen LogP contribution in [0.5, 0.6) is 5.75 Å². The van der Waals surface area contributed by atoms with Gasteiger partial charge >= 0.3 is 0 Å². The number of aryl methyl sites for hydroxylation is 2. The van der Waals surface area contributed by atoms with E-state index in [0.29, 0.717) is 12.4 Å². The fraction of sp³-hybridized carbons (Fsp3) is 0.400. The number of ether oxygens (including phenoxy) is 1. The summed E-state index contributed by atoms with van der Waals surface area (Å²) in [5.41, 5.74) is 9.55. The summed E-state index contributed by atoms with van der Waals surface area (Å²) in [7, 11) is 0. The Hall–Kier alpha value is -2.76. The average molecular weight is 351 g/mol. The van der Waals surface area contributed by atoms with Gasteiger partial charge in [-0.2, -0.15) is 0 Å². The van der Waals surface area contributed by atoms with Gasteiger partial charge < -0.3 is 19.9 Å². The number of nitrogens with two attached hydrogens (primary N) is 1. The van der Waals surface area contributed by atoms with Crippen LogP contribution in [0.4, 0.5) is 11.6 Å². The van der Waals surface area contributed by atoms with Gasteiger partial charge in [0.15, 0.2) is 11.6 Å². The first-order valence-electron chi connectivity index (χ1n) is 9.23. The summed E-state index contributed by atoms with van der Waals surface area (Å²) in [6.45, 7) is 8.94. The van der Waals surface area contributed by atoms with Crippen molar-refractivity contribution in [3.05, 3.63) is 35.7 Å². The van der Waals surface area contributed by atoms with Crippen LogP contribution in [0, 0.1) is 13.8 Å². The zero-order chi connectivity index (χ0) is 18.3. The van der Waals surface area contributed by atoms with Crippen molar-refractivity contribution in [2.24, 2.45) is 0 Å². The van der Waals surface area contributed by atoms with Crippen LogP contribution in [0.1, 0.15) is 31.2 Å². The molecule has 3 heterocycles. The molecule has 0 aliphatic carbocycles. The van der Waals surface area contributed by atoms with E-state index < -0.39 is 0 Å². The molecule has 1 aromatic carbocycles. The second-order valence-electron chi connectivity index (χ2n) is 6.79. The summed E-state index contributed by atoms with van der Waals surface area (Å²) >= 11 is 0. The Morgan fingerprint density at radius 3 is 2.31 bits per heavy atom. The number of fused-ring (bicyclic) bond motifs is 1. The maximum Gasteiger partial charge on any atom is 0.161 e. The minimum atomic E-state index is 0.494. The third kappa shape index (κ3) is 2.57. The molecule has 0 atom stereocenters. The molecule has 6 nitrogen and oxygen atoms in total. The number of aromatic nitrogens is 3. The van der Waals surface area contributed by atoms with Gasteiger partial charge in [-0.25, -0.2) is 0 Å². The molecular weight excluding hydrogens is 326 g/mol. The molecule has 0 unspecified atom stereocenters. The summed E-state index contributed by atoms with van der Waals surface area (Å²) in [5, 5.41) is 10.8. The largest absolute Gasteiger partial charge is 0.494 e. The van der Waals surface area contributed by atoms with Gasteiger partial charge in [-0.05, 0) is 57.9 Å². The number of nitrogen functional groups attached to an aromatic ring is 1. The Labute approximate surface area is 153 Å². The maximum absolute atomic E-state index is 6.22. The number of hydrogen-bond donors (Lipinski definition) is 1. The molecular formula is C20H25N5O. The van der Waals surface area contributed by atoms with Crippen LogP contribution in [0.15, 0.2) is 24.3 Å². The van der Waals surface area contributed by atoms with Crippen molar-refractivity contribution < 1.29 is 4.74 Å². The van der Waals surface area contributed by atoms with Crippen molar-refractivity contribution in [1.82, 2.24) is 14.8 Å². The molecule has 0 bridgehead atoms. The number of nitrogens with zero attached hydrogens (tertiary/aromatic N) is 4. The van der Waals surface area contributed by atoms with Crippen molar-refractivity contribution in [3.63, 3.8) is 0 Å². The summed E-state index contributed by atoms with van der Waals surface area (Å²) < 4.78 is 7.80. The summed E-state index contributed by atoms with van der Waals surface area (Å²) in [6.07, 6.45) is 2.40. The molecule has 0 radical (unpaired) electrons. The highest BCUT2D eigenvalue weighted by molar-refractivity contribution is 6.02. The minimum Gasteiger partial charge on any atom is -0.494 e. The molecule has 1 aliphatic heterocycles. The topological polar surface area (TPSA) is 69.2 Å². The van der Waals surface area contributed by atoms with Crippen LogP contribution in [0.2, 0.25) is 0 Å². The number of hydrogen-bond acceptors (Lipinski definition) is 5. The molecule has 26 heavy (non-hydrogen) atoms. The fourth-order valence-corrected chi connectivity index (χ4v) is 4.02. The van der Waals surface area contributed by atoms with Crippen LogP contribution >= 0.6 is 0 Å².